The van der Waals surface area contributed by atoms with E-state index in [0.717, 1.165) is 33.7 Å². The van der Waals surface area contributed by atoms with Gasteiger partial charge in [-0.3, -0.25) is 9.67 Å². The van der Waals surface area contributed by atoms with Crippen molar-refractivity contribution in [2.75, 3.05) is 0 Å². The van der Waals surface area contributed by atoms with E-state index < -0.39 is 0 Å². The molecule has 2 aromatic heterocycles. The third-order valence-corrected chi connectivity index (χ3v) is 5.17. The van der Waals surface area contributed by atoms with Gasteiger partial charge in [0.05, 0.1) is 0 Å². The molecule has 0 radical (unpaired) electrons. The molecule has 4 heteroatoms. The maximum Gasteiger partial charge on any atom is 0.119 e. The molecule has 0 amide bonds. The van der Waals surface area contributed by atoms with E-state index in [9.17, 15) is 0 Å². The zero-order chi connectivity index (χ0) is 20.3. The highest BCUT2D eigenvalue weighted by Crippen LogP contribution is 2.31. The summed E-state index contributed by atoms with van der Waals surface area (Å²) in [5.74, 6) is 0.841. The first-order valence-corrected chi connectivity index (χ1v) is 9.91. The van der Waals surface area contributed by atoms with Crippen molar-refractivity contribution in [3.63, 3.8) is 0 Å². The van der Waals surface area contributed by atoms with Crippen molar-refractivity contribution in [2.45, 2.75) is 6.61 Å². The number of benzene rings is 3. The second-order valence-corrected chi connectivity index (χ2v) is 7.30. The Morgan fingerprint density at radius 2 is 1.57 bits per heavy atom. The molecular weight excluding hydrogens is 370 g/mol. The minimum absolute atomic E-state index is 0.538. The van der Waals surface area contributed by atoms with Gasteiger partial charge in [-0.15, -0.1) is 0 Å². The molecule has 5 rings (SSSR count). The van der Waals surface area contributed by atoms with E-state index in [0.29, 0.717) is 6.61 Å². The Bertz CT molecular complexity index is 1290. The van der Waals surface area contributed by atoms with Crippen LogP contribution in [-0.2, 0) is 13.7 Å². The van der Waals surface area contributed by atoms with Crippen LogP contribution in [-0.4, -0.2) is 14.8 Å². The van der Waals surface area contributed by atoms with Gasteiger partial charge in [0.1, 0.15) is 18.1 Å². The lowest BCUT2D eigenvalue weighted by Crippen LogP contribution is -1.95. The van der Waals surface area contributed by atoms with Crippen LogP contribution >= 0.6 is 0 Å². The fourth-order valence-corrected chi connectivity index (χ4v) is 3.65. The second kappa shape index (κ2) is 7.84. The van der Waals surface area contributed by atoms with E-state index in [-0.39, 0.29) is 0 Å². The lowest BCUT2D eigenvalue weighted by molar-refractivity contribution is 0.306. The lowest BCUT2D eigenvalue weighted by atomic mass is 10.0. The minimum Gasteiger partial charge on any atom is -0.489 e. The summed E-state index contributed by atoms with van der Waals surface area (Å²) in [5.41, 5.74) is 5.35. The molecule has 0 atom stereocenters. The highest BCUT2D eigenvalue weighted by Gasteiger charge is 2.12. The lowest BCUT2D eigenvalue weighted by Gasteiger charge is -2.09. The van der Waals surface area contributed by atoms with Gasteiger partial charge in [0, 0.05) is 36.8 Å². The zero-order valence-electron chi connectivity index (χ0n) is 16.7. The predicted molar refractivity (Wildman–Crippen MR) is 120 cm³/mol. The molecule has 0 aliphatic heterocycles. The van der Waals surface area contributed by atoms with Crippen LogP contribution in [0.5, 0.6) is 5.75 Å². The van der Waals surface area contributed by atoms with Crippen LogP contribution in [0.4, 0.5) is 0 Å². The van der Waals surface area contributed by atoms with Crippen molar-refractivity contribution in [3.8, 4) is 28.1 Å². The monoisotopic (exact) mass is 391 g/mol. The molecule has 0 saturated heterocycles. The Morgan fingerprint density at radius 1 is 0.800 bits per heavy atom. The van der Waals surface area contributed by atoms with Crippen LogP contribution in [0.1, 0.15) is 5.56 Å². The number of fused-ring (bicyclic) bond motifs is 1. The van der Waals surface area contributed by atoms with Crippen molar-refractivity contribution >= 4 is 10.8 Å². The number of ether oxygens (including phenoxy) is 1. The second-order valence-electron chi connectivity index (χ2n) is 7.30. The number of rotatable bonds is 5. The Hall–Kier alpha value is -3.92. The number of pyridine rings is 1. The average molecular weight is 391 g/mol. The molecule has 4 nitrogen and oxygen atoms in total. The smallest absolute Gasteiger partial charge is 0.119 e. The van der Waals surface area contributed by atoms with E-state index in [1.807, 2.05) is 42.2 Å². The van der Waals surface area contributed by atoms with Crippen LogP contribution in [0.25, 0.3) is 33.2 Å². The van der Waals surface area contributed by atoms with Crippen molar-refractivity contribution in [1.29, 1.82) is 0 Å². The molecule has 0 fully saturated rings. The fourth-order valence-electron chi connectivity index (χ4n) is 3.65. The van der Waals surface area contributed by atoms with Gasteiger partial charge >= 0.3 is 0 Å². The summed E-state index contributed by atoms with van der Waals surface area (Å²) in [6.07, 6.45) is 5.64. The van der Waals surface area contributed by atoms with Gasteiger partial charge in [0.25, 0.3) is 0 Å². The fraction of sp³-hybridized carbons (Fsp3) is 0.0769. The summed E-state index contributed by atoms with van der Waals surface area (Å²) < 4.78 is 7.86. The van der Waals surface area contributed by atoms with Gasteiger partial charge in [-0.05, 0) is 64.4 Å². The standard InChI is InChI=1S/C26H21N3O/c1-29-17-25(21-12-14-27-15-13-21)26(28-29)22-8-10-24(11-9-22)30-18-19-6-7-20-4-2-3-5-23(20)16-19/h2-17H,18H2,1H3. The van der Waals surface area contributed by atoms with Crippen LogP contribution in [0.2, 0.25) is 0 Å². The highest BCUT2D eigenvalue weighted by atomic mass is 16.5. The molecule has 0 aliphatic carbocycles. The minimum atomic E-state index is 0.538. The Balaban J connectivity index is 1.35. The van der Waals surface area contributed by atoms with E-state index in [1.165, 1.54) is 10.8 Å². The Labute approximate surface area is 175 Å². The highest BCUT2D eigenvalue weighted by molar-refractivity contribution is 5.83. The van der Waals surface area contributed by atoms with Crippen molar-refractivity contribution in [3.05, 3.63) is 103 Å². The Kier molecular flexibility index (Phi) is 4.74. The number of aromatic nitrogens is 3. The van der Waals surface area contributed by atoms with E-state index in [2.05, 4.69) is 64.7 Å². The van der Waals surface area contributed by atoms with Gasteiger partial charge in [-0.25, -0.2) is 0 Å². The molecule has 3 aromatic carbocycles. The van der Waals surface area contributed by atoms with Gasteiger partial charge in [-0.1, -0.05) is 36.4 Å². The SMILES string of the molecule is Cn1cc(-c2ccncc2)c(-c2ccc(OCc3ccc4ccccc4c3)cc2)n1. The van der Waals surface area contributed by atoms with Crippen molar-refractivity contribution < 1.29 is 4.74 Å². The molecular formula is C26H21N3O. The summed E-state index contributed by atoms with van der Waals surface area (Å²) in [6, 6.07) is 26.9. The third kappa shape index (κ3) is 3.67. The largest absolute Gasteiger partial charge is 0.489 e. The number of nitrogens with zero attached hydrogens (tertiary/aromatic N) is 3. The summed E-state index contributed by atoms with van der Waals surface area (Å²) in [5, 5.41) is 7.14. The van der Waals surface area contributed by atoms with Gasteiger partial charge in [0.2, 0.25) is 0 Å². The molecule has 146 valence electrons. The first-order chi connectivity index (χ1) is 14.8. The molecule has 0 aliphatic rings. The first-order valence-electron chi connectivity index (χ1n) is 9.91. The van der Waals surface area contributed by atoms with E-state index in [1.54, 1.807) is 12.4 Å². The maximum absolute atomic E-state index is 6.02. The number of hydrogen-bond donors (Lipinski definition) is 0. The quantitative estimate of drug-likeness (QED) is 0.375. The molecule has 5 aromatic rings. The van der Waals surface area contributed by atoms with Crippen LogP contribution in [0.3, 0.4) is 0 Å². The molecule has 0 saturated carbocycles. The summed E-state index contributed by atoms with van der Waals surface area (Å²) in [7, 11) is 1.94. The normalized spacial score (nSPS) is 11.0. The molecule has 30 heavy (non-hydrogen) atoms. The molecule has 0 unspecified atom stereocenters. The summed E-state index contributed by atoms with van der Waals surface area (Å²) in [6.45, 7) is 0.538. The van der Waals surface area contributed by atoms with Crippen LogP contribution in [0, 0.1) is 0 Å². The maximum atomic E-state index is 6.02. The van der Waals surface area contributed by atoms with Gasteiger partial charge in [0.15, 0.2) is 0 Å². The average Bonchev–Trinajstić information content (AvgIpc) is 3.20. The molecule has 2 heterocycles. The Morgan fingerprint density at radius 3 is 2.37 bits per heavy atom. The molecule has 0 spiro atoms. The first kappa shape index (κ1) is 18.1. The van der Waals surface area contributed by atoms with Gasteiger partial charge in [-0.2, -0.15) is 5.10 Å². The molecule has 0 N–H and O–H groups in total. The van der Waals surface area contributed by atoms with E-state index >= 15 is 0 Å². The van der Waals surface area contributed by atoms with Crippen molar-refractivity contribution in [1.82, 2.24) is 14.8 Å². The van der Waals surface area contributed by atoms with E-state index in [4.69, 9.17) is 4.74 Å². The number of hydrogen-bond acceptors (Lipinski definition) is 3. The predicted octanol–water partition coefficient (Wildman–Crippen LogP) is 5.88. The summed E-state index contributed by atoms with van der Waals surface area (Å²) in [4.78, 5) is 4.11. The third-order valence-electron chi connectivity index (χ3n) is 5.17. The van der Waals surface area contributed by atoms with Crippen molar-refractivity contribution in [2.24, 2.45) is 7.05 Å². The number of aryl methyl sites for hydroxylation is 1. The topological polar surface area (TPSA) is 39.9 Å². The van der Waals surface area contributed by atoms with Crippen LogP contribution < -0.4 is 4.74 Å². The molecule has 0 bridgehead atoms. The zero-order valence-corrected chi connectivity index (χ0v) is 16.7. The van der Waals surface area contributed by atoms with Gasteiger partial charge < -0.3 is 4.74 Å². The summed E-state index contributed by atoms with van der Waals surface area (Å²) >= 11 is 0. The van der Waals surface area contributed by atoms with Crippen LogP contribution in [0.15, 0.2) is 97.5 Å².